The van der Waals surface area contributed by atoms with E-state index in [-0.39, 0.29) is 5.54 Å². The van der Waals surface area contributed by atoms with Gasteiger partial charge in [-0.05, 0) is 38.3 Å². The molecular weight excluding hydrogens is 210 g/mol. The van der Waals surface area contributed by atoms with E-state index in [1.807, 2.05) is 24.4 Å². The van der Waals surface area contributed by atoms with Gasteiger partial charge in [-0.15, -0.1) is 0 Å². The number of hydrogen-bond acceptors (Lipinski definition) is 3. The second-order valence-corrected chi connectivity index (χ2v) is 5.14. The number of anilines is 2. The van der Waals surface area contributed by atoms with Crippen LogP contribution in [0.3, 0.4) is 0 Å². The van der Waals surface area contributed by atoms with Crippen LogP contribution in [0.2, 0.25) is 0 Å². The average molecular weight is 227 g/mol. The molecule has 3 heteroatoms. The van der Waals surface area contributed by atoms with E-state index in [2.05, 4.69) is 23.3 Å². The van der Waals surface area contributed by atoms with Crippen LogP contribution in [0, 0.1) is 0 Å². The zero-order valence-electron chi connectivity index (χ0n) is 10.0. The quantitative estimate of drug-likeness (QED) is 0.775. The second kappa shape index (κ2) is 3.62. The maximum Gasteiger partial charge on any atom is 0.0951 e. The lowest BCUT2D eigenvalue weighted by Gasteiger charge is -2.40. The van der Waals surface area contributed by atoms with Crippen LogP contribution in [0.25, 0.3) is 10.9 Å². The molecule has 3 rings (SSSR count). The van der Waals surface area contributed by atoms with Gasteiger partial charge in [0, 0.05) is 22.8 Å². The largest absolute Gasteiger partial charge is 0.397 e. The minimum absolute atomic E-state index is 0.249. The molecule has 3 nitrogen and oxygen atoms in total. The van der Waals surface area contributed by atoms with Gasteiger partial charge < -0.3 is 11.1 Å². The molecule has 1 aliphatic carbocycles. The minimum Gasteiger partial charge on any atom is -0.397 e. The third-order valence-corrected chi connectivity index (χ3v) is 3.70. The summed E-state index contributed by atoms with van der Waals surface area (Å²) in [5.74, 6) is 0. The first kappa shape index (κ1) is 10.4. The van der Waals surface area contributed by atoms with Crippen molar-refractivity contribution in [3.05, 3.63) is 30.5 Å². The summed E-state index contributed by atoms with van der Waals surface area (Å²) < 4.78 is 0. The fourth-order valence-electron chi connectivity index (χ4n) is 2.47. The zero-order chi connectivity index (χ0) is 11.9. The van der Waals surface area contributed by atoms with Crippen molar-refractivity contribution in [2.75, 3.05) is 11.1 Å². The Morgan fingerprint density at radius 2 is 2.12 bits per heavy atom. The number of nitrogen functional groups attached to an aromatic ring is 1. The van der Waals surface area contributed by atoms with Crippen molar-refractivity contribution in [2.24, 2.45) is 0 Å². The SMILES string of the molecule is CC1(Nc2ccnc3c(N)cccc23)CCC1. The van der Waals surface area contributed by atoms with Crippen molar-refractivity contribution in [1.82, 2.24) is 4.98 Å². The van der Waals surface area contributed by atoms with Gasteiger partial charge in [-0.3, -0.25) is 4.98 Å². The van der Waals surface area contributed by atoms with Gasteiger partial charge in [0.1, 0.15) is 0 Å². The van der Waals surface area contributed by atoms with Crippen molar-refractivity contribution in [2.45, 2.75) is 31.7 Å². The summed E-state index contributed by atoms with van der Waals surface area (Å²) in [6, 6.07) is 7.98. The molecule has 0 saturated heterocycles. The van der Waals surface area contributed by atoms with E-state index >= 15 is 0 Å². The van der Waals surface area contributed by atoms with Crippen LogP contribution < -0.4 is 11.1 Å². The molecule has 17 heavy (non-hydrogen) atoms. The molecule has 1 aromatic heterocycles. The van der Waals surface area contributed by atoms with E-state index < -0.39 is 0 Å². The van der Waals surface area contributed by atoms with Crippen LogP contribution in [0.1, 0.15) is 26.2 Å². The summed E-state index contributed by atoms with van der Waals surface area (Å²) in [4.78, 5) is 4.35. The molecule has 2 aromatic rings. The molecule has 1 heterocycles. The first-order chi connectivity index (χ1) is 8.18. The van der Waals surface area contributed by atoms with Crippen LogP contribution in [-0.4, -0.2) is 10.5 Å². The highest BCUT2D eigenvalue weighted by atomic mass is 15.0. The van der Waals surface area contributed by atoms with Crippen LogP contribution >= 0.6 is 0 Å². The fraction of sp³-hybridized carbons (Fsp3) is 0.357. The lowest BCUT2D eigenvalue weighted by Crippen LogP contribution is -2.41. The van der Waals surface area contributed by atoms with Crippen LogP contribution in [0.5, 0.6) is 0 Å². The minimum atomic E-state index is 0.249. The number of pyridine rings is 1. The molecule has 1 aliphatic rings. The van der Waals surface area contributed by atoms with Gasteiger partial charge in [-0.2, -0.15) is 0 Å². The molecule has 1 aromatic carbocycles. The molecule has 0 aliphatic heterocycles. The monoisotopic (exact) mass is 227 g/mol. The molecular formula is C14H17N3. The topological polar surface area (TPSA) is 50.9 Å². The summed E-state index contributed by atoms with van der Waals surface area (Å²) in [6.07, 6.45) is 5.61. The van der Waals surface area contributed by atoms with Crippen molar-refractivity contribution in [3.63, 3.8) is 0 Å². The van der Waals surface area contributed by atoms with Gasteiger partial charge in [0.15, 0.2) is 0 Å². The Balaban J connectivity index is 2.07. The van der Waals surface area contributed by atoms with E-state index in [4.69, 9.17) is 5.73 Å². The predicted molar refractivity (Wildman–Crippen MR) is 72.0 cm³/mol. The van der Waals surface area contributed by atoms with Crippen molar-refractivity contribution < 1.29 is 0 Å². The Morgan fingerprint density at radius 1 is 1.29 bits per heavy atom. The Bertz CT molecular complexity index is 558. The Morgan fingerprint density at radius 3 is 2.82 bits per heavy atom. The lowest BCUT2D eigenvalue weighted by molar-refractivity contribution is 0.307. The van der Waals surface area contributed by atoms with Gasteiger partial charge in [-0.1, -0.05) is 12.1 Å². The lowest BCUT2D eigenvalue weighted by atomic mass is 9.78. The standard InChI is InChI=1S/C14H17N3/c1-14(7-3-8-14)17-12-6-9-16-13-10(12)4-2-5-11(13)15/h2,4-6,9H,3,7-8,15H2,1H3,(H,16,17). The van der Waals surface area contributed by atoms with Crippen LogP contribution in [0.4, 0.5) is 11.4 Å². The first-order valence-electron chi connectivity index (χ1n) is 6.09. The van der Waals surface area contributed by atoms with E-state index in [0.717, 1.165) is 22.3 Å². The maximum atomic E-state index is 5.95. The maximum absolute atomic E-state index is 5.95. The first-order valence-corrected chi connectivity index (χ1v) is 6.09. The highest BCUT2D eigenvalue weighted by molar-refractivity contribution is 5.97. The Kier molecular flexibility index (Phi) is 2.21. The molecule has 0 spiro atoms. The molecule has 0 amide bonds. The van der Waals surface area contributed by atoms with Gasteiger partial charge in [-0.25, -0.2) is 0 Å². The van der Waals surface area contributed by atoms with E-state index in [9.17, 15) is 0 Å². The number of fused-ring (bicyclic) bond motifs is 1. The summed E-state index contributed by atoms with van der Waals surface area (Å²) in [5, 5.41) is 4.74. The number of aromatic nitrogens is 1. The normalized spacial score (nSPS) is 17.7. The van der Waals surface area contributed by atoms with Gasteiger partial charge in [0.25, 0.3) is 0 Å². The molecule has 0 unspecified atom stereocenters. The van der Waals surface area contributed by atoms with Crippen LogP contribution in [-0.2, 0) is 0 Å². The number of nitrogens with zero attached hydrogens (tertiary/aromatic N) is 1. The zero-order valence-corrected chi connectivity index (χ0v) is 10.0. The molecule has 1 fully saturated rings. The second-order valence-electron chi connectivity index (χ2n) is 5.14. The Hall–Kier alpha value is -1.77. The number of hydrogen-bond donors (Lipinski definition) is 2. The van der Waals surface area contributed by atoms with Crippen molar-refractivity contribution >= 4 is 22.3 Å². The fourth-order valence-corrected chi connectivity index (χ4v) is 2.47. The number of nitrogens with two attached hydrogens (primary N) is 1. The number of benzene rings is 1. The summed E-state index contributed by atoms with van der Waals surface area (Å²) >= 11 is 0. The molecule has 3 N–H and O–H groups in total. The molecule has 1 saturated carbocycles. The van der Waals surface area contributed by atoms with Gasteiger partial charge in [0.05, 0.1) is 11.2 Å². The van der Waals surface area contributed by atoms with Crippen molar-refractivity contribution in [3.8, 4) is 0 Å². The van der Waals surface area contributed by atoms with E-state index in [0.29, 0.717) is 0 Å². The Labute approximate surface area is 101 Å². The van der Waals surface area contributed by atoms with Crippen molar-refractivity contribution in [1.29, 1.82) is 0 Å². The van der Waals surface area contributed by atoms with E-state index in [1.165, 1.54) is 19.3 Å². The number of para-hydroxylation sites is 1. The third kappa shape index (κ3) is 1.71. The summed E-state index contributed by atoms with van der Waals surface area (Å²) in [5.41, 5.74) is 8.97. The summed E-state index contributed by atoms with van der Waals surface area (Å²) in [6.45, 7) is 2.27. The predicted octanol–water partition coefficient (Wildman–Crippen LogP) is 3.17. The smallest absolute Gasteiger partial charge is 0.0951 e. The van der Waals surface area contributed by atoms with Crippen LogP contribution in [0.15, 0.2) is 30.5 Å². The van der Waals surface area contributed by atoms with Gasteiger partial charge >= 0.3 is 0 Å². The molecule has 0 radical (unpaired) electrons. The molecule has 0 atom stereocenters. The molecule has 88 valence electrons. The van der Waals surface area contributed by atoms with E-state index in [1.54, 1.807) is 0 Å². The highest BCUT2D eigenvalue weighted by Gasteiger charge is 2.31. The molecule has 0 bridgehead atoms. The third-order valence-electron chi connectivity index (χ3n) is 3.70. The van der Waals surface area contributed by atoms with Gasteiger partial charge in [0.2, 0.25) is 0 Å². The number of nitrogens with one attached hydrogen (secondary N) is 1. The summed E-state index contributed by atoms with van der Waals surface area (Å²) in [7, 11) is 0. The average Bonchev–Trinajstić information content (AvgIpc) is 2.28. The number of rotatable bonds is 2. The highest BCUT2D eigenvalue weighted by Crippen LogP contribution is 2.36.